The van der Waals surface area contributed by atoms with Crippen LogP contribution in [0.3, 0.4) is 0 Å². The Bertz CT molecular complexity index is 946. The second kappa shape index (κ2) is 7.07. The van der Waals surface area contributed by atoms with E-state index in [1.54, 1.807) is 0 Å². The second-order valence-corrected chi connectivity index (χ2v) is 9.78. The van der Waals surface area contributed by atoms with Crippen molar-refractivity contribution in [2.75, 3.05) is 13.6 Å². The number of thiophene rings is 1. The summed E-state index contributed by atoms with van der Waals surface area (Å²) in [5.74, 6) is -1.19. The molecule has 0 unspecified atom stereocenters. The monoisotopic (exact) mass is 395 g/mol. The highest BCUT2D eigenvalue weighted by Gasteiger charge is 2.34. The molecule has 0 fully saturated rings. The molecule has 0 bridgehead atoms. The molecule has 0 saturated heterocycles. The summed E-state index contributed by atoms with van der Waals surface area (Å²) in [5.41, 5.74) is 3.01. The van der Waals surface area contributed by atoms with E-state index in [9.17, 15) is 18.3 Å². The van der Waals surface area contributed by atoms with Crippen LogP contribution in [0.1, 0.15) is 37.7 Å². The average molecular weight is 396 g/mol. The van der Waals surface area contributed by atoms with Crippen LogP contribution in [-0.2, 0) is 29.5 Å². The summed E-state index contributed by atoms with van der Waals surface area (Å²) in [5, 5.41) is 12.8. The number of sulfonamides is 1. The number of fused-ring (bicyclic) bond motifs is 1. The highest BCUT2D eigenvalue weighted by Crippen LogP contribution is 2.36. The third kappa shape index (κ3) is 3.52. The molecular formula is C17H21N3O4S2. The number of pyridine rings is 1. The quantitative estimate of drug-likeness (QED) is 0.802. The number of hydrogen-bond donors (Lipinski definition) is 2. The molecule has 7 nitrogen and oxygen atoms in total. The summed E-state index contributed by atoms with van der Waals surface area (Å²) in [7, 11) is -2.47. The number of hydrogen-bond acceptors (Lipinski definition) is 6. The zero-order valence-electron chi connectivity index (χ0n) is 14.9. The Morgan fingerprint density at radius 2 is 2.12 bits per heavy atom. The number of nitrogens with zero attached hydrogens (tertiary/aromatic N) is 2. The fourth-order valence-electron chi connectivity index (χ4n) is 3.17. The van der Waals surface area contributed by atoms with Gasteiger partial charge in [0.2, 0.25) is 0 Å². The average Bonchev–Trinajstić information content (AvgIpc) is 2.94. The lowest BCUT2D eigenvalue weighted by atomic mass is 10.1. The third-order valence-corrected chi connectivity index (χ3v) is 7.82. The maximum Gasteiger partial charge on any atom is 0.338 e. The zero-order chi connectivity index (χ0) is 19.1. The van der Waals surface area contributed by atoms with E-state index in [1.807, 2.05) is 26.0 Å². The molecule has 0 aromatic carbocycles. The molecule has 0 saturated carbocycles. The molecule has 3 heterocycles. The zero-order valence-corrected chi connectivity index (χ0v) is 16.5. The van der Waals surface area contributed by atoms with Gasteiger partial charge >= 0.3 is 5.97 Å². The fraction of sp³-hybridized carbons (Fsp3) is 0.412. The van der Waals surface area contributed by atoms with Crippen LogP contribution in [0.5, 0.6) is 0 Å². The van der Waals surface area contributed by atoms with Gasteiger partial charge in [-0.05, 0) is 50.1 Å². The molecule has 9 heteroatoms. The first-order chi connectivity index (χ1) is 12.2. The molecule has 3 rings (SSSR count). The molecular weight excluding hydrogens is 374 g/mol. The van der Waals surface area contributed by atoms with Gasteiger partial charge in [-0.2, -0.15) is 4.31 Å². The Hall–Kier alpha value is -1.81. The molecule has 2 aromatic rings. The number of rotatable bonds is 5. The van der Waals surface area contributed by atoms with E-state index in [0.29, 0.717) is 30.8 Å². The predicted octanol–water partition coefficient (Wildman–Crippen LogP) is 1.92. The largest absolute Gasteiger partial charge is 0.478 e. The number of carbonyl (C=O) groups is 1. The molecule has 26 heavy (non-hydrogen) atoms. The van der Waals surface area contributed by atoms with E-state index >= 15 is 0 Å². The summed E-state index contributed by atoms with van der Waals surface area (Å²) >= 11 is 1.05. The van der Waals surface area contributed by atoms with Crippen LogP contribution in [0, 0.1) is 13.8 Å². The van der Waals surface area contributed by atoms with Crippen LogP contribution >= 0.6 is 11.3 Å². The van der Waals surface area contributed by atoms with Crippen LogP contribution in [0.4, 0.5) is 0 Å². The van der Waals surface area contributed by atoms with Gasteiger partial charge in [-0.25, -0.2) is 13.2 Å². The summed E-state index contributed by atoms with van der Waals surface area (Å²) in [4.78, 5) is 16.9. The second-order valence-electron chi connectivity index (χ2n) is 6.44. The van der Waals surface area contributed by atoms with E-state index in [4.69, 9.17) is 0 Å². The van der Waals surface area contributed by atoms with Crippen molar-refractivity contribution in [3.05, 3.63) is 45.1 Å². The summed E-state index contributed by atoms with van der Waals surface area (Å²) < 4.78 is 27.2. The maximum absolute atomic E-state index is 13.1. The van der Waals surface area contributed by atoms with Crippen molar-refractivity contribution in [1.82, 2.24) is 14.6 Å². The molecule has 1 aliphatic heterocycles. The molecule has 2 N–H and O–H groups in total. The molecule has 1 aliphatic rings. The minimum Gasteiger partial charge on any atom is -0.478 e. The first kappa shape index (κ1) is 19.0. The van der Waals surface area contributed by atoms with Gasteiger partial charge in [0.05, 0.1) is 17.8 Å². The van der Waals surface area contributed by atoms with Crippen molar-refractivity contribution in [3.8, 4) is 0 Å². The summed E-state index contributed by atoms with van der Waals surface area (Å²) in [6.07, 6.45) is 0.519. The minimum atomic E-state index is -3.93. The van der Waals surface area contributed by atoms with Gasteiger partial charge in [0, 0.05) is 24.2 Å². The van der Waals surface area contributed by atoms with Gasteiger partial charge in [-0.3, -0.25) is 4.98 Å². The van der Waals surface area contributed by atoms with Crippen LogP contribution in [-0.4, -0.2) is 42.4 Å². The molecule has 2 aromatic heterocycles. The van der Waals surface area contributed by atoms with Gasteiger partial charge in [0.15, 0.2) is 0 Å². The van der Waals surface area contributed by atoms with Crippen molar-refractivity contribution in [1.29, 1.82) is 0 Å². The molecule has 0 aliphatic carbocycles. The standard InChI is InChI=1S/C17H21N3O4S2/c1-10-6-11(2)19-12(7-10)9-20(3)26(23,24)17-15(16(21)22)13-4-5-18-8-14(13)25-17/h6-7,18H,4-5,8-9H2,1-3H3,(H,21,22). The van der Waals surface area contributed by atoms with E-state index in [1.165, 1.54) is 11.4 Å². The normalized spacial score (nSPS) is 14.5. The van der Waals surface area contributed by atoms with Crippen LogP contribution in [0.25, 0.3) is 0 Å². The molecule has 0 atom stereocenters. The SMILES string of the molecule is Cc1cc(C)nc(CN(C)S(=O)(=O)c2sc3c(c2C(=O)O)CCNC3)c1. The van der Waals surface area contributed by atoms with E-state index in [-0.39, 0.29) is 16.3 Å². The predicted molar refractivity (Wildman–Crippen MR) is 99.1 cm³/mol. The molecule has 0 radical (unpaired) electrons. The fourth-order valence-corrected chi connectivity index (χ4v) is 6.36. The molecule has 0 amide bonds. The topological polar surface area (TPSA) is 99.6 Å². The molecule has 0 spiro atoms. The lowest BCUT2D eigenvalue weighted by Crippen LogP contribution is -2.28. The number of aryl methyl sites for hydroxylation is 2. The lowest BCUT2D eigenvalue weighted by molar-refractivity contribution is 0.0692. The maximum atomic E-state index is 13.1. The highest BCUT2D eigenvalue weighted by molar-refractivity contribution is 7.91. The highest BCUT2D eigenvalue weighted by atomic mass is 32.2. The Labute approximate surface area is 156 Å². The number of aromatic nitrogens is 1. The number of carboxylic acid groups (broad SMARTS) is 1. The minimum absolute atomic E-state index is 0.0771. The van der Waals surface area contributed by atoms with Crippen molar-refractivity contribution >= 4 is 27.3 Å². The first-order valence-electron chi connectivity index (χ1n) is 8.19. The van der Waals surface area contributed by atoms with Crippen LogP contribution < -0.4 is 5.32 Å². The van der Waals surface area contributed by atoms with Crippen molar-refractivity contribution in [2.24, 2.45) is 0 Å². The van der Waals surface area contributed by atoms with Crippen molar-refractivity contribution in [3.63, 3.8) is 0 Å². The van der Waals surface area contributed by atoms with Gasteiger partial charge < -0.3 is 10.4 Å². The number of nitrogens with one attached hydrogen (secondary N) is 1. The van der Waals surface area contributed by atoms with Gasteiger partial charge in [0.1, 0.15) is 4.21 Å². The number of carboxylic acids is 1. The van der Waals surface area contributed by atoms with Gasteiger partial charge in [0.25, 0.3) is 10.0 Å². The van der Waals surface area contributed by atoms with E-state index in [0.717, 1.165) is 27.5 Å². The smallest absolute Gasteiger partial charge is 0.338 e. The van der Waals surface area contributed by atoms with Crippen LogP contribution in [0.15, 0.2) is 16.3 Å². The van der Waals surface area contributed by atoms with Gasteiger partial charge in [-0.15, -0.1) is 11.3 Å². The third-order valence-electron chi connectivity index (χ3n) is 4.29. The van der Waals surface area contributed by atoms with Crippen molar-refractivity contribution < 1.29 is 18.3 Å². The summed E-state index contributed by atoms with van der Waals surface area (Å²) in [6, 6.07) is 3.75. The lowest BCUT2D eigenvalue weighted by Gasteiger charge is -2.17. The van der Waals surface area contributed by atoms with E-state index < -0.39 is 16.0 Å². The first-order valence-corrected chi connectivity index (χ1v) is 10.4. The Morgan fingerprint density at radius 1 is 1.38 bits per heavy atom. The Morgan fingerprint density at radius 3 is 2.77 bits per heavy atom. The summed E-state index contributed by atoms with van der Waals surface area (Å²) in [6.45, 7) is 5.01. The molecule has 140 valence electrons. The Balaban J connectivity index is 1.99. The number of aromatic carboxylic acids is 1. The van der Waals surface area contributed by atoms with E-state index in [2.05, 4.69) is 10.3 Å². The Kier molecular flexibility index (Phi) is 5.16. The van der Waals surface area contributed by atoms with Gasteiger partial charge in [-0.1, -0.05) is 0 Å². The van der Waals surface area contributed by atoms with Crippen LogP contribution in [0.2, 0.25) is 0 Å². The van der Waals surface area contributed by atoms with Crippen molar-refractivity contribution in [2.45, 2.75) is 37.6 Å².